The SMILES string of the molecule is CCOC1CC(CCNS(=O)(=O)N2CCCC2C(=O)O)C1. The van der Waals surface area contributed by atoms with E-state index < -0.39 is 22.2 Å². The largest absolute Gasteiger partial charge is 0.480 e. The van der Waals surface area contributed by atoms with Gasteiger partial charge in [-0.25, -0.2) is 4.72 Å². The van der Waals surface area contributed by atoms with Crippen molar-refractivity contribution in [2.75, 3.05) is 19.7 Å². The topological polar surface area (TPSA) is 95.9 Å². The molecule has 0 aromatic carbocycles. The molecule has 1 aliphatic carbocycles. The van der Waals surface area contributed by atoms with E-state index in [1.54, 1.807) is 0 Å². The van der Waals surface area contributed by atoms with Crippen LogP contribution in [0.5, 0.6) is 0 Å². The molecule has 7 nitrogen and oxygen atoms in total. The number of carboxylic acid groups (broad SMARTS) is 1. The van der Waals surface area contributed by atoms with Gasteiger partial charge in [0.1, 0.15) is 6.04 Å². The van der Waals surface area contributed by atoms with Crippen molar-refractivity contribution >= 4 is 16.2 Å². The quantitative estimate of drug-likeness (QED) is 0.682. The Bertz CT molecular complexity index is 461. The molecule has 0 amide bonds. The number of carboxylic acids is 1. The molecule has 1 saturated carbocycles. The molecule has 0 aromatic heterocycles. The molecule has 0 bridgehead atoms. The molecule has 1 atom stereocenters. The molecule has 1 unspecified atom stereocenters. The number of hydrogen-bond acceptors (Lipinski definition) is 4. The Kier molecular flexibility index (Phi) is 5.59. The lowest BCUT2D eigenvalue weighted by Crippen LogP contribution is -2.47. The first-order valence-electron chi connectivity index (χ1n) is 7.55. The fraction of sp³-hybridized carbons (Fsp3) is 0.923. The minimum absolute atomic E-state index is 0.280. The van der Waals surface area contributed by atoms with E-state index in [-0.39, 0.29) is 6.54 Å². The summed E-state index contributed by atoms with van der Waals surface area (Å²) in [7, 11) is -3.69. The summed E-state index contributed by atoms with van der Waals surface area (Å²) in [6.07, 6.45) is 4.04. The second-order valence-corrected chi connectivity index (χ2v) is 7.42. The van der Waals surface area contributed by atoms with Gasteiger partial charge in [0.25, 0.3) is 10.2 Å². The standard InChI is InChI=1S/C13H24N2O5S/c1-2-20-11-8-10(9-11)5-6-14-21(18,19)15-7-3-4-12(15)13(16)17/h10-12,14H,2-9H2,1H3,(H,16,17). The smallest absolute Gasteiger partial charge is 0.322 e. The van der Waals surface area contributed by atoms with Gasteiger partial charge >= 0.3 is 5.97 Å². The monoisotopic (exact) mass is 320 g/mol. The van der Waals surface area contributed by atoms with E-state index >= 15 is 0 Å². The molecule has 1 heterocycles. The van der Waals surface area contributed by atoms with Gasteiger partial charge in [-0.2, -0.15) is 12.7 Å². The molecule has 2 fully saturated rings. The normalized spacial score (nSPS) is 30.2. The van der Waals surface area contributed by atoms with Crippen LogP contribution in [0, 0.1) is 5.92 Å². The molecule has 2 N–H and O–H groups in total. The Labute approximate surface area is 125 Å². The lowest BCUT2D eigenvalue weighted by molar-refractivity contribution is -0.140. The van der Waals surface area contributed by atoms with E-state index in [1.165, 1.54) is 0 Å². The lowest BCUT2D eigenvalue weighted by atomic mass is 9.80. The van der Waals surface area contributed by atoms with E-state index in [0.717, 1.165) is 30.2 Å². The van der Waals surface area contributed by atoms with E-state index in [4.69, 9.17) is 9.84 Å². The highest BCUT2D eigenvalue weighted by Crippen LogP contribution is 2.32. The van der Waals surface area contributed by atoms with E-state index in [0.29, 0.717) is 31.4 Å². The highest BCUT2D eigenvalue weighted by Gasteiger charge is 2.38. The summed E-state index contributed by atoms with van der Waals surface area (Å²) in [6, 6.07) is -0.923. The molecule has 1 saturated heterocycles. The Morgan fingerprint density at radius 3 is 2.76 bits per heavy atom. The van der Waals surface area contributed by atoms with Crippen molar-refractivity contribution in [3.05, 3.63) is 0 Å². The van der Waals surface area contributed by atoms with Crippen LogP contribution < -0.4 is 4.72 Å². The van der Waals surface area contributed by atoms with Crippen LogP contribution in [0.25, 0.3) is 0 Å². The first kappa shape index (κ1) is 16.7. The highest BCUT2D eigenvalue weighted by molar-refractivity contribution is 7.87. The van der Waals surface area contributed by atoms with Gasteiger partial charge < -0.3 is 9.84 Å². The van der Waals surface area contributed by atoms with Crippen LogP contribution in [0.4, 0.5) is 0 Å². The zero-order chi connectivity index (χ0) is 15.5. The van der Waals surface area contributed by atoms with Crippen LogP contribution in [0.2, 0.25) is 0 Å². The van der Waals surface area contributed by atoms with E-state index in [1.807, 2.05) is 6.92 Å². The summed E-state index contributed by atoms with van der Waals surface area (Å²) < 4.78 is 33.3. The molecular formula is C13H24N2O5S. The van der Waals surface area contributed by atoms with Crippen molar-refractivity contribution in [1.82, 2.24) is 9.03 Å². The summed E-state index contributed by atoms with van der Waals surface area (Å²) in [5.74, 6) is -0.575. The zero-order valence-corrected chi connectivity index (χ0v) is 13.1. The Hall–Kier alpha value is -0.700. The number of carbonyl (C=O) groups is 1. The van der Waals surface area contributed by atoms with E-state index in [2.05, 4.69) is 4.72 Å². The number of ether oxygens (including phenoxy) is 1. The molecule has 0 spiro atoms. The fourth-order valence-electron chi connectivity index (χ4n) is 3.03. The third-order valence-corrected chi connectivity index (χ3v) is 5.85. The van der Waals surface area contributed by atoms with Gasteiger partial charge in [0.2, 0.25) is 0 Å². The predicted molar refractivity (Wildman–Crippen MR) is 77.0 cm³/mol. The number of hydrogen-bond donors (Lipinski definition) is 2. The van der Waals surface area contributed by atoms with Crippen LogP contribution in [0.1, 0.15) is 39.0 Å². The highest BCUT2D eigenvalue weighted by atomic mass is 32.2. The average Bonchev–Trinajstić information content (AvgIpc) is 2.85. The predicted octanol–water partition coefficient (Wildman–Crippen LogP) is 0.575. The van der Waals surface area contributed by atoms with Crippen LogP contribution >= 0.6 is 0 Å². The summed E-state index contributed by atoms with van der Waals surface area (Å²) >= 11 is 0. The van der Waals surface area contributed by atoms with Crippen LogP contribution in [-0.4, -0.2) is 55.6 Å². The summed E-state index contributed by atoms with van der Waals surface area (Å²) in [5.41, 5.74) is 0. The first-order valence-corrected chi connectivity index (χ1v) is 8.99. The van der Waals surface area contributed by atoms with Gasteiger partial charge in [-0.3, -0.25) is 4.79 Å². The van der Waals surface area contributed by atoms with Crippen molar-refractivity contribution < 1.29 is 23.1 Å². The van der Waals surface area contributed by atoms with Crippen LogP contribution in [0.3, 0.4) is 0 Å². The second-order valence-electron chi connectivity index (χ2n) is 5.71. The van der Waals surface area contributed by atoms with Crippen LogP contribution in [-0.2, 0) is 19.7 Å². The molecule has 0 radical (unpaired) electrons. The van der Waals surface area contributed by atoms with Gasteiger partial charge in [-0.05, 0) is 44.9 Å². The first-order chi connectivity index (χ1) is 9.94. The molecule has 0 aromatic rings. The summed E-state index contributed by atoms with van der Waals surface area (Å²) in [4.78, 5) is 11.0. The maximum absolute atomic E-state index is 12.1. The summed E-state index contributed by atoms with van der Waals surface area (Å²) in [5, 5.41) is 9.04. The Balaban J connectivity index is 1.73. The van der Waals surface area contributed by atoms with Crippen molar-refractivity contribution in [1.29, 1.82) is 0 Å². The van der Waals surface area contributed by atoms with Crippen LogP contribution in [0.15, 0.2) is 0 Å². The molecule has 2 rings (SSSR count). The van der Waals surface area contributed by atoms with Crippen molar-refractivity contribution in [3.8, 4) is 0 Å². The minimum Gasteiger partial charge on any atom is -0.480 e. The third-order valence-electron chi connectivity index (χ3n) is 4.23. The molecule has 2 aliphatic rings. The maximum atomic E-state index is 12.1. The molecule has 8 heteroatoms. The van der Waals surface area contributed by atoms with Gasteiger partial charge in [-0.15, -0.1) is 0 Å². The minimum atomic E-state index is -3.69. The van der Waals surface area contributed by atoms with Crippen molar-refractivity contribution in [2.45, 2.75) is 51.2 Å². The second kappa shape index (κ2) is 7.04. The average molecular weight is 320 g/mol. The number of rotatable bonds is 8. The number of aliphatic carboxylic acids is 1. The molecule has 122 valence electrons. The van der Waals surface area contributed by atoms with E-state index in [9.17, 15) is 13.2 Å². The Morgan fingerprint density at radius 2 is 2.14 bits per heavy atom. The van der Waals surface area contributed by atoms with Crippen molar-refractivity contribution in [2.24, 2.45) is 5.92 Å². The molecule has 21 heavy (non-hydrogen) atoms. The fourth-order valence-corrected chi connectivity index (χ4v) is 4.47. The molecular weight excluding hydrogens is 296 g/mol. The lowest BCUT2D eigenvalue weighted by Gasteiger charge is -2.35. The molecule has 1 aliphatic heterocycles. The number of nitrogens with zero attached hydrogens (tertiary/aromatic N) is 1. The third kappa shape index (κ3) is 4.15. The van der Waals surface area contributed by atoms with Gasteiger partial charge in [0.15, 0.2) is 0 Å². The Morgan fingerprint density at radius 1 is 1.43 bits per heavy atom. The zero-order valence-electron chi connectivity index (χ0n) is 12.3. The van der Waals surface area contributed by atoms with Gasteiger partial charge in [0, 0.05) is 19.7 Å². The number of nitrogens with one attached hydrogen (secondary N) is 1. The maximum Gasteiger partial charge on any atom is 0.322 e. The summed E-state index contributed by atoms with van der Waals surface area (Å²) in [6.45, 7) is 3.32. The van der Waals surface area contributed by atoms with Crippen molar-refractivity contribution in [3.63, 3.8) is 0 Å². The van der Waals surface area contributed by atoms with Gasteiger partial charge in [-0.1, -0.05) is 0 Å². The van der Waals surface area contributed by atoms with Gasteiger partial charge in [0.05, 0.1) is 6.10 Å².